The molecule has 0 amide bonds. The van der Waals surface area contributed by atoms with Crippen LogP contribution in [0.1, 0.15) is 48.0 Å². The first-order chi connectivity index (χ1) is 22.2. The fourth-order valence-corrected chi connectivity index (χ4v) is 7.05. The van der Waals surface area contributed by atoms with Crippen molar-refractivity contribution in [2.24, 2.45) is 4.99 Å². The Morgan fingerprint density at radius 1 is 0.957 bits per heavy atom. The van der Waals surface area contributed by atoms with Crippen LogP contribution >= 0.6 is 34.5 Å². The second-order valence-corrected chi connectivity index (χ2v) is 12.5. The minimum Gasteiger partial charge on any atom is -0.494 e. The zero-order valence-electron chi connectivity index (χ0n) is 25.7. The Bertz CT molecular complexity index is 2160. The van der Waals surface area contributed by atoms with Gasteiger partial charge in [0, 0.05) is 22.6 Å². The smallest absolute Gasteiger partial charge is 0.338 e. The summed E-state index contributed by atoms with van der Waals surface area (Å²) in [4.78, 5) is 33.5. The molecule has 0 N–H and O–H groups in total. The van der Waals surface area contributed by atoms with E-state index in [0.29, 0.717) is 43.0 Å². The molecule has 7 nitrogen and oxygen atoms in total. The van der Waals surface area contributed by atoms with Crippen LogP contribution in [0.2, 0.25) is 10.0 Å². The monoisotopic (exact) mass is 671 g/mol. The van der Waals surface area contributed by atoms with Crippen molar-refractivity contribution in [3.63, 3.8) is 0 Å². The Hall–Kier alpha value is -4.37. The standard InChI is InChI=1S/C36H31Cl2N3O4S/c1-5-44-27-15-12-24(13-16-27)33-31(35(43)45-6-2)32(23-10-8-7-9-11-23)39-36-41(33)34(42)30(46-36)19-25-18-21(3)40(22(25)4)26-14-17-28(37)29(38)20-26/h7-20,33H,5-6H2,1-4H3/b30-19-/t33-/m1/s1. The minimum atomic E-state index is -0.771. The van der Waals surface area contributed by atoms with Crippen molar-refractivity contribution in [3.05, 3.63) is 142 Å². The molecule has 3 heterocycles. The van der Waals surface area contributed by atoms with Crippen LogP contribution in [0.3, 0.4) is 0 Å². The van der Waals surface area contributed by atoms with Crippen LogP contribution in [0.25, 0.3) is 17.5 Å². The van der Waals surface area contributed by atoms with Crippen LogP contribution in [0.15, 0.2) is 94.2 Å². The van der Waals surface area contributed by atoms with Gasteiger partial charge in [-0.3, -0.25) is 9.36 Å². The van der Waals surface area contributed by atoms with E-state index in [4.69, 9.17) is 37.7 Å². The number of hydrogen-bond donors (Lipinski definition) is 0. The van der Waals surface area contributed by atoms with Gasteiger partial charge in [0.25, 0.3) is 5.56 Å². The number of hydrogen-bond acceptors (Lipinski definition) is 6. The van der Waals surface area contributed by atoms with Crippen molar-refractivity contribution in [1.29, 1.82) is 0 Å². The highest BCUT2D eigenvalue weighted by Crippen LogP contribution is 2.36. The molecule has 5 aromatic rings. The number of ether oxygens (including phenoxy) is 2. The van der Waals surface area contributed by atoms with E-state index in [1.54, 1.807) is 17.6 Å². The molecule has 1 aliphatic heterocycles. The lowest BCUT2D eigenvalue weighted by Crippen LogP contribution is -2.40. The number of carbonyl (C=O) groups is 1. The second kappa shape index (κ2) is 13.2. The first kappa shape index (κ1) is 31.6. The molecule has 10 heteroatoms. The molecular formula is C36H31Cl2N3O4S. The van der Waals surface area contributed by atoms with E-state index in [1.807, 2.05) is 99.6 Å². The quantitative estimate of drug-likeness (QED) is 0.166. The number of fused-ring (bicyclic) bond motifs is 1. The third-order valence-corrected chi connectivity index (χ3v) is 9.52. The van der Waals surface area contributed by atoms with Crippen LogP contribution in [-0.2, 0) is 9.53 Å². The number of carbonyl (C=O) groups excluding carboxylic acids is 1. The van der Waals surface area contributed by atoms with Gasteiger partial charge >= 0.3 is 5.97 Å². The average molecular weight is 673 g/mol. The summed E-state index contributed by atoms with van der Waals surface area (Å²) in [5.74, 6) is 0.171. The fourth-order valence-electron chi connectivity index (χ4n) is 5.77. The van der Waals surface area contributed by atoms with Crippen LogP contribution in [0.5, 0.6) is 5.75 Å². The summed E-state index contributed by atoms with van der Waals surface area (Å²) in [7, 11) is 0. The summed E-state index contributed by atoms with van der Waals surface area (Å²) in [5.41, 5.74) is 5.66. The van der Waals surface area contributed by atoms with Gasteiger partial charge in [0.2, 0.25) is 0 Å². The van der Waals surface area contributed by atoms with E-state index < -0.39 is 12.0 Å². The molecule has 0 unspecified atom stereocenters. The largest absolute Gasteiger partial charge is 0.494 e. The number of thiazole rings is 1. The van der Waals surface area contributed by atoms with E-state index in [1.165, 1.54) is 11.3 Å². The summed E-state index contributed by atoms with van der Waals surface area (Å²) in [6, 6.07) is 23.7. The maximum Gasteiger partial charge on any atom is 0.338 e. The second-order valence-electron chi connectivity index (χ2n) is 10.7. The number of aryl methyl sites for hydroxylation is 1. The third-order valence-electron chi connectivity index (χ3n) is 7.80. The van der Waals surface area contributed by atoms with E-state index in [2.05, 4.69) is 4.57 Å². The predicted octanol–water partition coefficient (Wildman–Crippen LogP) is 7.05. The molecule has 3 aromatic carbocycles. The van der Waals surface area contributed by atoms with Crippen LogP contribution in [-0.4, -0.2) is 28.3 Å². The zero-order valence-corrected chi connectivity index (χ0v) is 28.0. The number of nitrogens with zero attached hydrogens (tertiary/aromatic N) is 3. The highest BCUT2D eigenvalue weighted by Gasteiger charge is 2.35. The molecule has 1 atom stereocenters. The van der Waals surface area contributed by atoms with Crippen molar-refractivity contribution < 1.29 is 14.3 Å². The van der Waals surface area contributed by atoms with Gasteiger partial charge in [-0.25, -0.2) is 9.79 Å². The highest BCUT2D eigenvalue weighted by molar-refractivity contribution is 7.07. The van der Waals surface area contributed by atoms with Gasteiger partial charge in [0.05, 0.1) is 45.1 Å². The summed E-state index contributed by atoms with van der Waals surface area (Å²) >= 11 is 13.8. The lowest BCUT2D eigenvalue weighted by Gasteiger charge is -2.26. The van der Waals surface area contributed by atoms with Crippen LogP contribution < -0.4 is 19.6 Å². The minimum absolute atomic E-state index is 0.180. The van der Waals surface area contributed by atoms with E-state index in [0.717, 1.165) is 33.8 Å². The molecule has 1 aliphatic rings. The molecule has 46 heavy (non-hydrogen) atoms. The lowest BCUT2D eigenvalue weighted by molar-refractivity contribution is -0.138. The van der Waals surface area contributed by atoms with Crippen molar-refractivity contribution in [1.82, 2.24) is 9.13 Å². The van der Waals surface area contributed by atoms with Crippen molar-refractivity contribution in [3.8, 4) is 11.4 Å². The van der Waals surface area contributed by atoms with Gasteiger partial charge in [-0.2, -0.15) is 0 Å². The van der Waals surface area contributed by atoms with Gasteiger partial charge in [0.1, 0.15) is 5.75 Å². The molecule has 0 spiro atoms. The molecule has 0 saturated carbocycles. The van der Waals surface area contributed by atoms with Gasteiger partial charge in [-0.15, -0.1) is 0 Å². The first-order valence-corrected chi connectivity index (χ1v) is 16.4. The maximum atomic E-state index is 14.3. The molecule has 0 aliphatic carbocycles. The number of esters is 1. The summed E-state index contributed by atoms with van der Waals surface area (Å²) in [6.45, 7) is 8.37. The van der Waals surface area contributed by atoms with Gasteiger partial charge < -0.3 is 14.0 Å². The van der Waals surface area contributed by atoms with Gasteiger partial charge in [-0.05, 0) is 81.3 Å². The lowest BCUT2D eigenvalue weighted by atomic mass is 9.93. The summed E-state index contributed by atoms with van der Waals surface area (Å²) in [5, 5.41) is 0.941. The first-order valence-electron chi connectivity index (χ1n) is 14.9. The molecular weight excluding hydrogens is 641 g/mol. The molecule has 0 bridgehead atoms. The van der Waals surface area contributed by atoms with Gasteiger partial charge in [-0.1, -0.05) is 77.0 Å². The topological polar surface area (TPSA) is 74.8 Å². The molecule has 0 fully saturated rings. The van der Waals surface area contributed by atoms with Crippen LogP contribution in [0.4, 0.5) is 0 Å². The molecule has 2 aromatic heterocycles. The van der Waals surface area contributed by atoms with E-state index in [9.17, 15) is 9.59 Å². The summed E-state index contributed by atoms with van der Waals surface area (Å²) in [6.07, 6.45) is 1.88. The molecule has 6 rings (SSSR count). The Labute approximate surface area is 280 Å². The molecule has 234 valence electrons. The average Bonchev–Trinajstić information content (AvgIpc) is 3.52. The molecule has 0 saturated heterocycles. The van der Waals surface area contributed by atoms with Crippen LogP contribution in [0, 0.1) is 13.8 Å². The highest BCUT2D eigenvalue weighted by atomic mass is 35.5. The van der Waals surface area contributed by atoms with Gasteiger partial charge in [0.15, 0.2) is 4.80 Å². The Morgan fingerprint density at radius 3 is 2.37 bits per heavy atom. The maximum absolute atomic E-state index is 14.3. The number of rotatable bonds is 8. The Kier molecular flexibility index (Phi) is 9.04. The molecule has 0 radical (unpaired) electrons. The zero-order chi connectivity index (χ0) is 32.5. The Morgan fingerprint density at radius 2 is 1.70 bits per heavy atom. The number of aromatic nitrogens is 2. The predicted molar refractivity (Wildman–Crippen MR) is 184 cm³/mol. The fraction of sp³-hybridized carbons (Fsp3) is 0.194. The number of halogens is 2. The van der Waals surface area contributed by atoms with E-state index >= 15 is 0 Å². The Balaban J connectivity index is 1.58. The van der Waals surface area contributed by atoms with Crippen molar-refractivity contribution in [2.45, 2.75) is 33.7 Å². The van der Waals surface area contributed by atoms with Crippen molar-refractivity contribution >= 4 is 52.3 Å². The SMILES string of the molecule is CCOC(=O)C1=C(c2ccccc2)N=c2s/c(=C\c3cc(C)n(-c4ccc(Cl)c(Cl)c4)c3C)c(=O)n2[C@@H]1c1ccc(OCC)cc1. The third kappa shape index (κ3) is 5.84. The normalized spacial score (nSPS) is 14.7. The summed E-state index contributed by atoms with van der Waals surface area (Å²) < 4.78 is 15.4. The van der Waals surface area contributed by atoms with E-state index in [-0.39, 0.29) is 12.2 Å². The number of benzene rings is 3. The van der Waals surface area contributed by atoms with Crippen molar-refractivity contribution in [2.75, 3.05) is 13.2 Å².